The first-order valence-corrected chi connectivity index (χ1v) is 9.38. The van der Waals surface area contributed by atoms with Gasteiger partial charge in [-0.1, -0.05) is 12.8 Å². The lowest BCUT2D eigenvalue weighted by molar-refractivity contribution is -0.135. The van der Waals surface area contributed by atoms with Crippen LogP contribution in [0.3, 0.4) is 0 Å². The summed E-state index contributed by atoms with van der Waals surface area (Å²) in [7, 11) is 1.62. The van der Waals surface area contributed by atoms with E-state index >= 15 is 0 Å². The van der Waals surface area contributed by atoms with Crippen LogP contribution in [0.25, 0.3) is 10.9 Å². The Morgan fingerprint density at radius 1 is 1.23 bits per heavy atom. The van der Waals surface area contributed by atoms with Crippen molar-refractivity contribution in [1.29, 1.82) is 0 Å². The van der Waals surface area contributed by atoms with Crippen molar-refractivity contribution in [1.82, 2.24) is 14.8 Å². The Hall–Kier alpha value is -2.50. The van der Waals surface area contributed by atoms with Gasteiger partial charge < -0.3 is 19.5 Å². The maximum Gasteiger partial charge on any atom is 0.270 e. The molecule has 1 aliphatic carbocycles. The van der Waals surface area contributed by atoms with Crippen LogP contribution in [-0.2, 0) is 4.79 Å². The van der Waals surface area contributed by atoms with E-state index in [0.717, 1.165) is 23.2 Å². The predicted octanol–water partition coefficient (Wildman–Crippen LogP) is 2.65. The molecule has 1 aromatic heterocycles. The average molecular weight is 355 g/mol. The van der Waals surface area contributed by atoms with Gasteiger partial charge in [-0.3, -0.25) is 9.59 Å². The number of ether oxygens (including phenoxy) is 1. The first-order chi connectivity index (χ1) is 12.6. The minimum atomic E-state index is -0.117. The molecule has 1 aliphatic heterocycles. The van der Waals surface area contributed by atoms with Gasteiger partial charge in [0.15, 0.2) is 0 Å². The predicted molar refractivity (Wildman–Crippen MR) is 99.3 cm³/mol. The highest BCUT2D eigenvalue weighted by molar-refractivity contribution is 6.00. The molecule has 2 aromatic rings. The smallest absolute Gasteiger partial charge is 0.270 e. The van der Waals surface area contributed by atoms with Crippen molar-refractivity contribution in [3.8, 4) is 5.75 Å². The number of aromatic amines is 1. The van der Waals surface area contributed by atoms with E-state index in [0.29, 0.717) is 24.7 Å². The molecule has 0 unspecified atom stereocenters. The van der Waals surface area contributed by atoms with Crippen molar-refractivity contribution in [3.63, 3.8) is 0 Å². The Morgan fingerprint density at radius 2 is 2.04 bits per heavy atom. The van der Waals surface area contributed by atoms with E-state index in [-0.39, 0.29) is 18.4 Å². The molecule has 0 spiro atoms. The fourth-order valence-electron chi connectivity index (χ4n) is 4.10. The SMILES string of the molecule is COc1ccc2[nH]c(C(=O)N3CCN(CC4CCCC4)C(=O)C3)cc2c1. The molecule has 2 aliphatic rings. The van der Waals surface area contributed by atoms with Gasteiger partial charge in [-0.05, 0) is 43.0 Å². The first kappa shape index (κ1) is 16.9. The molecule has 26 heavy (non-hydrogen) atoms. The third-order valence-electron chi connectivity index (χ3n) is 5.62. The van der Waals surface area contributed by atoms with Crippen LogP contribution in [0, 0.1) is 5.92 Å². The van der Waals surface area contributed by atoms with Gasteiger partial charge >= 0.3 is 0 Å². The largest absolute Gasteiger partial charge is 0.497 e. The van der Waals surface area contributed by atoms with Gasteiger partial charge in [0.1, 0.15) is 18.0 Å². The number of fused-ring (bicyclic) bond motifs is 1. The fourth-order valence-corrected chi connectivity index (χ4v) is 4.10. The Morgan fingerprint density at radius 3 is 2.77 bits per heavy atom. The standard InChI is InChI=1S/C20H25N3O3/c1-26-16-6-7-17-15(10-16)11-18(21-17)20(25)23-9-8-22(19(24)13-23)12-14-4-2-3-5-14/h6-7,10-11,14,21H,2-5,8-9,12-13H2,1H3. The van der Waals surface area contributed by atoms with Crippen LogP contribution in [0.15, 0.2) is 24.3 Å². The van der Waals surface area contributed by atoms with E-state index in [4.69, 9.17) is 4.74 Å². The van der Waals surface area contributed by atoms with Gasteiger partial charge in [0.2, 0.25) is 5.91 Å². The van der Waals surface area contributed by atoms with E-state index in [2.05, 4.69) is 4.98 Å². The van der Waals surface area contributed by atoms with Gasteiger partial charge in [-0.15, -0.1) is 0 Å². The molecule has 0 radical (unpaired) electrons. The molecule has 0 bridgehead atoms. The number of piperazine rings is 1. The van der Waals surface area contributed by atoms with Gasteiger partial charge in [-0.2, -0.15) is 0 Å². The number of nitrogens with zero attached hydrogens (tertiary/aromatic N) is 2. The monoisotopic (exact) mass is 355 g/mol. The van der Waals surface area contributed by atoms with Crippen molar-refractivity contribution in [2.75, 3.05) is 33.3 Å². The Bertz CT molecular complexity index is 823. The Balaban J connectivity index is 1.43. The molecular formula is C20H25N3O3. The summed E-state index contributed by atoms with van der Waals surface area (Å²) in [6.45, 7) is 2.25. The van der Waals surface area contributed by atoms with Crippen molar-refractivity contribution < 1.29 is 14.3 Å². The summed E-state index contributed by atoms with van der Waals surface area (Å²) in [4.78, 5) is 32.0. The van der Waals surface area contributed by atoms with Gasteiger partial charge in [-0.25, -0.2) is 0 Å². The van der Waals surface area contributed by atoms with Gasteiger partial charge in [0.25, 0.3) is 5.91 Å². The number of H-pyrrole nitrogens is 1. The molecule has 1 saturated heterocycles. The Labute approximate surface area is 153 Å². The number of hydrogen-bond donors (Lipinski definition) is 1. The summed E-state index contributed by atoms with van der Waals surface area (Å²) < 4.78 is 5.23. The van der Waals surface area contributed by atoms with Crippen LogP contribution in [-0.4, -0.2) is 59.9 Å². The number of hydrogen-bond acceptors (Lipinski definition) is 3. The molecule has 2 amide bonds. The highest BCUT2D eigenvalue weighted by atomic mass is 16.5. The van der Waals surface area contributed by atoms with Gasteiger partial charge in [0, 0.05) is 30.5 Å². The van der Waals surface area contributed by atoms with Crippen LogP contribution < -0.4 is 4.74 Å². The summed E-state index contributed by atoms with van der Waals surface area (Å²) in [6.07, 6.45) is 5.01. The quantitative estimate of drug-likeness (QED) is 0.917. The van der Waals surface area contributed by atoms with Crippen molar-refractivity contribution in [2.45, 2.75) is 25.7 Å². The number of carbonyl (C=O) groups is 2. The van der Waals surface area contributed by atoms with Crippen molar-refractivity contribution in [2.24, 2.45) is 5.92 Å². The lowest BCUT2D eigenvalue weighted by Crippen LogP contribution is -2.53. The van der Waals surface area contributed by atoms with Crippen LogP contribution in [0.1, 0.15) is 36.2 Å². The van der Waals surface area contributed by atoms with Crippen LogP contribution in [0.4, 0.5) is 0 Å². The van der Waals surface area contributed by atoms with Crippen molar-refractivity contribution >= 4 is 22.7 Å². The zero-order valence-corrected chi connectivity index (χ0v) is 15.2. The molecule has 4 rings (SSSR count). The third-order valence-corrected chi connectivity index (χ3v) is 5.62. The molecule has 0 atom stereocenters. The topological polar surface area (TPSA) is 65.6 Å². The van der Waals surface area contributed by atoms with E-state index in [1.54, 1.807) is 12.0 Å². The number of methoxy groups -OCH3 is 1. The maximum absolute atomic E-state index is 12.8. The second kappa shape index (κ2) is 7.02. The third kappa shape index (κ3) is 3.28. The second-order valence-electron chi connectivity index (χ2n) is 7.35. The summed E-state index contributed by atoms with van der Waals surface area (Å²) >= 11 is 0. The van der Waals surface area contributed by atoms with Gasteiger partial charge in [0.05, 0.1) is 7.11 Å². The molecule has 2 heterocycles. The summed E-state index contributed by atoms with van der Waals surface area (Å²) in [5.41, 5.74) is 1.41. The van der Waals surface area contributed by atoms with E-state index in [9.17, 15) is 9.59 Å². The number of amides is 2. The van der Waals surface area contributed by atoms with E-state index in [1.807, 2.05) is 29.2 Å². The Kier molecular flexibility index (Phi) is 4.57. The number of rotatable bonds is 4. The minimum absolute atomic E-state index is 0.0641. The van der Waals surface area contributed by atoms with Crippen LogP contribution in [0.5, 0.6) is 5.75 Å². The van der Waals surface area contributed by atoms with Crippen molar-refractivity contribution in [3.05, 3.63) is 30.0 Å². The first-order valence-electron chi connectivity index (χ1n) is 9.38. The zero-order chi connectivity index (χ0) is 18.1. The summed E-state index contributed by atoms with van der Waals surface area (Å²) in [6, 6.07) is 7.48. The van der Waals surface area contributed by atoms with Crippen LogP contribution in [0.2, 0.25) is 0 Å². The zero-order valence-electron chi connectivity index (χ0n) is 15.2. The molecule has 1 saturated carbocycles. The number of aromatic nitrogens is 1. The summed E-state index contributed by atoms with van der Waals surface area (Å²) in [5.74, 6) is 1.35. The molecule has 6 nitrogen and oxygen atoms in total. The lowest BCUT2D eigenvalue weighted by atomic mass is 10.1. The fraction of sp³-hybridized carbons (Fsp3) is 0.500. The minimum Gasteiger partial charge on any atom is -0.497 e. The molecule has 1 N–H and O–H groups in total. The highest BCUT2D eigenvalue weighted by Gasteiger charge is 2.30. The number of carbonyl (C=O) groups excluding carboxylic acids is 2. The normalized spacial score (nSPS) is 18.7. The molecule has 1 aromatic carbocycles. The second-order valence-corrected chi connectivity index (χ2v) is 7.35. The molecule has 2 fully saturated rings. The molecule has 138 valence electrons. The van der Waals surface area contributed by atoms with Crippen LogP contribution >= 0.6 is 0 Å². The lowest BCUT2D eigenvalue weighted by Gasteiger charge is -2.35. The van der Waals surface area contributed by atoms with E-state index < -0.39 is 0 Å². The maximum atomic E-state index is 12.8. The molecular weight excluding hydrogens is 330 g/mol. The number of benzene rings is 1. The summed E-state index contributed by atoms with van der Waals surface area (Å²) in [5, 5.41) is 0.930. The average Bonchev–Trinajstić information content (AvgIpc) is 3.31. The molecule has 6 heteroatoms. The highest BCUT2D eigenvalue weighted by Crippen LogP contribution is 2.26. The number of nitrogens with one attached hydrogen (secondary N) is 1. The van der Waals surface area contributed by atoms with E-state index in [1.165, 1.54) is 25.7 Å².